The summed E-state index contributed by atoms with van der Waals surface area (Å²) in [7, 11) is 0. The highest BCUT2D eigenvalue weighted by molar-refractivity contribution is 6.30. The molecule has 1 aliphatic rings. The lowest BCUT2D eigenvalue weighted by Crippen LogP contribution is -2.30. The number of benzene rings is 1. The molecule has 0 saturated heterocycles. The molecule has 1 heterocycles. The number of nitrogens with two attached hydrogens (primary N) is 1. The van der Waals surface area contributed by atoms with Crippen molar-refractivity contribution in [2.45, 2.75) is 39.7 Å². The third-order valence-corrected chi connectivity index (χ3v) is 4.60. The number of halogens is 2. The lowest BCUT2D eigenvalue weighted by Gasteiger charge is -2.34. The van der Waals surface area contributed by atoms with E-state index in [2.05, 4.69) is 19.9 Å². The summed E-state index contributed by atoms with van der Waals surface area (Å²) in [6, 6.07) is 7.20. The van der Waals surface area contributed by atoms with Crippen LogP contribution in [-0.4, -0.2) is 4.57 Å². The van der Waals surface area contributed by atoms with E-state index in [-0.39, 0.29) is 22.3 Å². The van der Waals surface area contributed by atoms with Gasteiger partial charge in [-0.05, 0) is 48.9 Å². The standard InChI is InChI=1S/C17H20ClFN2/c1-10-7-11-13(20)8-17(2,3)9-15(11)21(10)14-6-4-5-12(18)16(14)19/h4-7,13H,8-9,20H2,1-3H3. The molecular weight excluding hydrogens is 287 g/mol. The van der Waals surface area contributed by atoms with E-state index in [4.69, 9.17) is 17.3 Å². The van der Waals surface area contributed by atoms with Crippen molar-refractivity contribution in [3.63, 3.8) is 0 Å². The van der Waals surface area contributed by atoms with Crippen molar-refractivity contribution in [3.8, 4) is 5.69 Å². The zero-order valence-corrected chi connectivity index (χ0v) is 13.3. The van der Waals surface area contributed by atoms with Crippen molar-refractivity contribution >= 4 is 11.6 Å². The number of fused-ring (bicyclic) bond motifs is 1. The maximum absolute atomic E-state index is 14.4. The quantitative estimate of drug-likeness (QED) is 0.823. The van der Waals surface area contributed by atoms with Crippen LogP contribution < -0.4 is 5.73 Å². The van der Waals surface area contributed by atoms with Gasteiger partial charge in [-0.3, -0.25) is 0 Å². The molecule has 21 heavy (non-hydrogen) atoms. The summed E-state index contributed by atoms with van der Waals surface area (Å²) in [5, 5.41) is 0.147. The molecule has 2 N–H and O–H groups in total. The summed E-state index contributed by atoms with van der Waals surface area (Å²) >= 11 is 5.94. The molecule has 4 heteroatoms. The average molecular weight is 307 g/mol. The van der Waals surface area contributed by atoms with Crippen molar-refractivity contribution < 1.29 is 4.39 Å². The topological polar surface area (TPSA) is 30.9 Å². The minimum Gasteiger partial charge on any atom is -0.324 e. The summed E-state index contributed by atoms with van der Waals surface area (Å²) in [6.07, 6.45) is 1.83. The SMILES string of the molecule is Cc1cc2c(n1-c1cccc(Cl)c1F)CC(C)(C)CC2N. The van der Waals surface area contributed by atoms with E-state index in [1.165, 1.54) is 0 Å². The summed E-state index contributed by atoms with van der Waals surface area (Å²) < 4.78 is 16.4. The molecule has 0 saturated carbocycles. The Bertz CT molecular complexity index is 703. The van der Waals surface area contributed by atoms with Crippen LogP contribution in [-0.2, 0) is 6.42 Å². The largest absolute Gasteiger partial charge is 0.324 e. The van der Waals surface area contributed by atoms with Gasteiger partial charge in [-0.15, -0.1) is 0 Å². The van der Waals surface area contributed by atoms with Gasteiger partial charge in [0.25, 0.3) is 0 Å². The second-order valence-electron chi connectivity index (χ2n) is 6.75. The fourth-order valence-corrected chi connectivity index (χ4v) is 3.62. The molecule has 112 valence electrons. The van der Waals surface area contributed by atoms with Gasteiger partial charge in [0.05, 0.1) is 10.7 Å². The van der Waals surface area contributed by atoms with Gasteiger partial charge in [-0.25, -0.2) is 4.39 Å². The highest BCUT2D eigenvalue weighted by Gasteiger charge is 2.34. The second kappa shape index (κ2) is 4.85. The van der Waals surface area contributed by atoms with Crippen LogP contribution in [0.1, 0.15) is 43.3 Å². The van der Waals surface area contributed by atoms with Gasteiger partial charge in [0.1, 0.15) is 0 Å². The van der Waals surface area contributed by atoms with E-state index in [1.54, 1.807) is 18.2 Å². The summed E-state index contributed by atoms with van der Waals surface area (Å²) in [5.74, 6) is -0.377. The Morgan fingerprint density at radius 2 is 2.10 bits per heavy atom. The molecule has 0 amide bonds. The van der Waals surface area contributed by atoms with Crippen molar-refractivity contribution in [1.29, 1.82) is 0 Å². The van der Waals surface area contributed by atoms with Crippen LogP contribution in [0.5, 0.6) is 0 Å². The lowest BCUT2D eigenvalue weighted by molar-refractivity contribution is 0.278. The molecule has 1 unspecified atom stereocenters. The molecule has 0 aliphatic heterocycles. The van der Waals surface area contributed by atoms with Crippen molar-refractivity contribution in [2.75, 3.05) is 0 Å². The Hall–Kier alpha value is -1.32. The number of aryl methyl sites for hydroxylation is 1. The smallest absolute Gasteiger partial charge is 0.165 e. The first-order valence-corrected chi connectivity index (χ1v) is 7.59. The number of nitrogens with zero attached hydrogens (tertiary/aromatic N) is 1. The zero-order valence-electron chi connectivity index (χ0n) is 12.6. The van der Waals surface area contributed by atoms with E-state index in [0.717, 1.165) is 29.8 Å². The zero-order chi connectivity index (χ0) is 15.4. The molecule has 2 aromatic rings. The van der Waals surface area contributed by atoms with Crippen molar-refractivity contribution in [2.24, 2.45) is 11.1 Å². The van der Waals surface area contributed by atoms with Gasteiger partial charge in [0.2, 0.25) is 0 Å². The van der Waals surface area contributed by atoms with Crippen LogP contribution in [0, 0.1) is 18.2 Å². The predicted molar refractivity (Wildman–Crippen MR) is 84.5 cm³/mol. The second-order valence-corrected chi connectivity index (χ2v) is 7.15. The first kappa shape index (κ1) is 14.6. The van der Waals surface area contributed by atoms with Crippen LogP contribution in [0.25, 0.3) is 5.69 Å². The molecule has 0 spiro atoms. The number of aromatic nitrogens is 1. The van der Waals surface area contributed by atoms with Crippen LogP contribution in [0.15, 0.2) is 24.3 Å². The van der Waals surface area contributed by atoms with Crippen LogP contribution in [0.3, 0.4) is 0 Å². The van der Waals surface area contributed by atoms with Gasteiger partial charge >= 0.3 is 0 Å². The third-order valence-electron chi connectivity index (χ3n) is 4.31. The monoisotopic (exact) mass is 306 g/mol. The van der Waals surface area contributed by atoms with Gasteiger partial charge in [0.15, 0.2) is 5.82 Å². The van der Waals surface area contributed by atoms with Gasteiger partial charge in [-0.2, -0.15) is 0 Å². The molecule has 0 bridgehead atoms. The van der Waals surface area contributed by atoms with E-state index in [0.29, 0.717) is 5.69 Å². The van der Waals surface area contributed by atoms with Gasteiger partial charge in [-0.1, -0.05) is 31.5 Å². The minimum atomic E-state index is -0.377. The first-order valence-electron chi connectivity index (χ1n) is 7.21. The van der Waals surface area contributed by atoms with E-state index < -0.39 is 0 Å². The van der Waals surface area contributed by atoms with E-state index >= 15 is 0 Å². The van der Waals surface area contributed by atoms with Crippen molar-refractivity contribution in [3.05, 3.63) is 52.1 Å². The highest BCUT2D eigenvalue weighted by atomic mass is 35.5. The Morgan fingerprint density at radius 3 is 2.81 bits per heavy atom. The summed E-state index contributed by atoms with van der Waals surface area (Å²) in [5.41, 5.74) is 10.2. The Morgan fingerprint density at radius 1 is 1.38 bits per heavy atom. The number of rotatable bonds is 1. The Balaban J connectivity index is 2.24. The van der Waals surface area contributed by atoms with Gasteiger partial charge < -0.3 is 10.3 Å². The normalized spacial score (nSPS) is 20.4. The maximum atomic E-state index is 14.4. The third kappa shape index (κ3) is 2.39. The van der Waals surface area contributed by atoms with Gasteiger partial charge in [0, 0.05) is 17.4 Å². The molecule has 1 aliphatic carbocycles. The molecular formula is C17H20ClFN2. The Kier molecular flexibility index (Phi) is 3.38. The molecule has 2 nitrogen and oxygen atoms in total. The molecule has 1 atom stereocenters. The van der Waals surface area contributed by atoms with Crippen LogP contribution in [0.2, 0.25) is 5.02 Å². The molecule has 0 fully saturated rings. The fourth-order valence-electron chi connectivity index (χ4n) is 3.45. The fraction of sp³-hybridized carbons (Fsp3) is 0.412. The molecule has 3 rings (SSSR count). The Labute approximate surface area is 129 Å². The summed E-state index contributed by atoms with van der Waals surface area (Å²) in [6.45, 7) is 6.39. The maximum Gasteiger partial charge on any atom is 0.165 e. The number of hydrogen-bond acceptors (Lipinski definition) is 1. The van der Waals surface area contributed by atoms with E-state index in [1.807, 2.05) is 11.5 Å². The molecule has 1 aromatic carbocycles. The molecule has 1 aromatic heterocycles. The highest BCUT2D eigenvalue weighted by Crippen LogP contribution is 2.42. The minimum absolute atomic E-state index is 0.00551. The molecule has 0 radical (unpaired) electrons. The average Bonchev–Trinajstić information content (AvgIpc) is 2.69. The predicted octanol–water partition coefficient (Wildman–Crippen LogP) is 4.55. The van der Waals surface area contributed by atoms with Crippen LogP contribution in [0.4, 0.5) is 4.39 Å². The van der Waals surface area contributed by atoms with E-state index in [9.17, 15) is 4.39 Å². The summed E-state index contributed by atoms with van der Waals surface area (Å²) in [4.78, 5) is 0. The lowest BCUT2D eigenvalue weighted by atomic mass is 9.74. The number of hydrogen-bond donors (Lipinski definition) is 1. The first-order chi connectivity index (χ1) is 9.80. The van der Waals surface area contributed by atoms with Crippen molar-refractivity contribution in [1.82, 2.24) is 4.57 Å². The van der Waals surface area contributed by atoms with Crippen LogP contribution >= 0.6 is 11.6 Å².